The Morgan fingerprint density at radius 3 is 2.34 bits per heavy atom. The molecule has 0 N–H and O–H groups in total. The Labute approximate surface area is 235 Å². The fourth-order valence-electron chi connectivity index (χ4n) is 6.51. The second-order valence-electron chi connectivity index (χ2n) is 11.3. The first-order valence-corrected chi connectivity index (χ1v) is 14.5. The molecule has 198 valence electrons. The molecule has 0 heterocycles. The number of allylic oxidation sites excluding steroid dienone is 2. The Morgan fingerprint density at radius 2 is 1.66 bits per heavy atom. The van der Waals surface area contributed by atoms with E-state index in [1.54, 1.807) is 12.1 Å². The molecular weight excluding hydrogens is 536 g/mol. The molecule has 2 aliphatic carbocycles. The van der Waals surface area contributed by atoms with Gasteiger partial charge in [-0.25, -0.2) is 4.79 Å². The molecule has 1 unspecified atom stereocenters. The number of halogens is 1. The third-order valence-corrected chi connectivity index (χ3v) is 8.80. The highest BCUT2D eigenvalue weighted by Gasteiger charge is 2.42. The van der Waals surface area contributed by atoms with Gasteiger partial charge in [-0.3, -0.25) is 0 Å². The second-order valence-corrected chi connectivity index (χ2v) is 12.3. The maximum absolute atomic E-state index is 13.4. The first-order chi connectivity index (χ1) is 18.2. The molecule has 38 heavy (non-hydrogen) atoms. The van der Waals surface area contributed by atoms with Crippen molar-refractivity contribution >= 4 is 21.9 Å². The molecule has 0 fully saturated rings. The summed E-state index contributed by atoms with van der Waals surface area (Å²) in [5.41, 5.74) is 8.01. The van der Waals surface area contributed by atoms with Crippen LogP contribution in [0.1, 0.15) is 103 Å². The predicted molar refractivity (Wildman–Crippen MR) is 157 cm³/mol. The van der Waals surface area contributed by atoms with Crippen molar-refractivity contribution in [2.24, 2.45) is 5.92 Å². The molecule has 3 nitrogen and oxygen atoms in total. The number of rotatable bonds is 6. The van der Waals surface area contributed by atoms with Gasteiger partial charge in [0.1, 0.15) is 6.61 Å². The standard InChI is InChI=1S/C34H37BrO3/c1-20(2)17-26-18-22(4)28-16-11-21(3)29-31(28)30(26)23(5)32(33(29)37-19-24-9-7-6-8-10-24)38-34(36)25-12-14-27(35)15-13-25/h6-10,12-15,17,21-22,26,28H,11,16,18-19H2,1-5H3/t21-,22-,26?,28+/m0/s1. The highest BCUT2D eigenvalue weighted by Crippen LogP contribution is 2.58. The molecule has 4 atom stereocenters. The number of hydrogen-bond donors (Lipinski definition) is 0. The zero-order chi connectivity index (χ0) is 27.0. The molecular formula is C34H37BrO3. The Hall–Kier alpha value is -2.85. The number of ether oxygens (including phenoxy) is 2. The fraction of sp³-hybridized carbons (Fsp3) is 0.382. The van der Waals surface area contributed by atoms with E-state index in [4.69, 9.17) is 9.47 Å². The molecule has 0 spiro atoms. The lowest BCUT2D eigenvalue weighted by molar-refractivity contribution is 0.0725. The van der Waals surface area contributed by atoms with Crippen LogP contribution in [0.25, 0.3) is 0 Å². The summed E-state index contributed by atoms with van der Waals surface area (Å²) >= 11 is 3.46. The van der Waals surface area contributed by atoms with Crippen molar-refractivity contribution in [2.75, 3.05) is 0 Å². The van der Waals surface area contributed by atoms with Gasteiger partial charge in [0.05, 0.1) is 5.56 Å². The number of carbonyl (C=O) groups is 1. The minimum Gasteiger partial charge on any atom is -0.485 e. The summed E-state index contributed by atoms with van der Waals surface area (Å²) in [4.78, 5) is 13.4. The van der Waals surface area contributed by atoms with Gasteiger partial charge in [0.2, 0.25) is 0 Å². The smallest absolute Gasteiger partial charge is 0.343 e. The van der Waals surface area contributed by atoms with Crippen LogP contribution >= 0.6 is 15.9 Å². The normalized spacial score (nSPS) is 21.8. The zero-order valence-corrected chi connectivity index (χ0v) is 24.6. The summed E-state index contributed by atoms with van der Waals surface area (Å²) in [6.45, 7) is 11.6. The van der Waals surface area contributed by atoms with Gasteiger partial charge < -0.3 is 9.47 Å². The van der Waals surface area contributed by atoms with E-state index in [-0.39, 0.29) is 5.97 Å². The summed E-state index contributed by atoms with van der Waals surface area (Å²) in [7, 11) is 0. The predicted octanol–water partition coefficient (Wildman–Crippen LogP) is 9.63. The minimum atomic E-state index is -0.361. The van der Waals surface area contributed by atoms with Gasteiger partial charge in [-0.1, -0.05) is 71.8 Å². The van der Waals surface area contributed by atoms with Crippen molar-refractivity contribution in [1.29, 1.82) is 0 Å². The van der Waals surface area contributed by atoms with E-state index in [0.717, 1.165) is 34.2 Å². The molecule has 0 aromatic heterocycles. The van der Waals surface area contributed by atoms with Crippen molar-refractivity contribution in [3.05, 3.63) is 104 Å². The molecule has 0 aliphatic heterocycles. The Bertz CT molecular complexity index is 1350. The molecule has 0 bridgehead atoms. The first-order valence-electron chi connectivity index (χ1n) is 13.7. The van der Waals surface area contributed by atoms with Crippen LogP contribution in [0.2, 0.25) is 0 Å². The number of carbonyl (C=O) groups excluding carboxylic acids is 1. The molecule has 0 saturated carbocycles. The molecule has 0 radical (unpaired) electrons. The highest BCUT2D eigenvalue weighted by atomic mass is 79.9. The molecule has 5 rings (SSSR count). The first kappa shape index (κ1) is 26.7. The van der Waals surface area contributed by atoms with Crippen molar-refractivity contribution in [3.63, 3.8) is 0 Å². The van der Waals surface area contributed by atoms with Gasteiger partial charge in [-0.2, -0.15) is 0 Å². The largest absolute Gasteiger partial charge is 0.485 e. The average molecular weight is 574 g/mol. The van der Waals surface area contributed by atoms with E-state index in [2.05, 4.69) is 68.8 Å². The lowest BCUT2D eigenvalue weighted by Crippen LogP contribution is -2.29. The maximum Gasteiger partial charge on any atom is 0.343 e. The van der Waals surface area contributed by atoms with Crippen LogP contribution in [-0.4, -0.2) is 5.97 Å². The van der Waals surface area contributed by atoms with Crippen LogP contribution in [0, 0.1) is 12.8 Å². The highest BCUT2D eigenvalue weighted by molar-refractivity contribution is 9.10. The van der Waals surface area contributed by atoms with E-state index >= 15 is 0 Å². The summed E-state index contributed by atoms with van der Waals surface area (Å²) in [5, 5.41) is 0. The van der Waals surface area contributed by atoms with E-state index < -0.39 is 0 Å². The summed E-state index contributed by atoms with van der Waals surface area (Å²) in [5.74, 6) is 2.70. The van der Waals surface area contributed by atoms with Crippen molar-refractivity contribution in [2.45, 2.75) is 78.2 Å². The van der Waals surface area contributed by atoms with Crippen LogP contribution in [-0.2, 0) is 6.61 Å². The van der Waals surface area contributed by atoms with Crippen LogP contribution in [0.3, 0.4) is 0 Å². The summed E-state index contributed by atoms with van der Waals surface area (Å²) < 4.78 is 13.9. The van der Waals surface area contributed by atoms with Crippen LogP contribution < -0.4 is 9.47 Å². The van der Waals surface area contributed by atoms with Gasteiger partial charge in [0.15, 0.2) is 11.5 Å². The SMILES string of the molecule is CC(C)=CC1C[C@H](C)[C@H]2CC[C@H](C)c3c(OCc4ccccc4)c(OC(=O)c4ccc(Br)cc4)c(C)c1c32. The van der Waals surface area contributed by atoms with Gasteiger partial charge in [0, 0.05) is 16.0 Å². The van der Waals surface area contributed by atoms with Crippen LogP contribution in [0.5, 0.6) is 11.5 Å². The van der Waals surface area contributed by atoms with Crippen LogP contribution in [0.4, 0.5) is 0 Å². The third-order valence-electron chi connectivity index (χ3n) is 8.27. The molecule has 2 aliphatic rings. The van der Waals surface area contributed by atoms with Crippen molar-refractivity contribution in [1.82, 2.24) is 0 Å². The fourth-order valence-corrected chi connectivity index (χ4v) is 6.77. The quantitative estimate of drug-likeness (QED) is 0.167. The lowest BCUT2D eigenvalue weighted by Gasteiger charge is -2.43. The Balaban J connectivity index is 1.70. The van der Waals surface area contributed by atoms with E-state index in [1.165, 1.54) is 28.7 Å². The zero-order valence-electron chi connectivity index (χ0n) is 23.0. The molecule has 3 aromatic rings. The molecule has 3 aromatic carbocycles. The van der Waals surface area contributed by atoms with Gasteiger partial charge in [0.25, 0.3) is 0 Å². The maximum atomic E-state index is 13.4. The summed E-state index contributed by atoms with van der Waals surface area (Å²) in [6, 6.07) is 17.5. The topological polar surface area (TPSA) is 35.5 Å². The van der Waals surface area contributed by atoms with Crippen LogP contribution in [0.15, 0.2) is 70.7 Å². The average Bonchev–Trinajstić information content (AvgIpc) is 2.89. The van der Waals surface area contributed by atoms with Crippen molar-refractivity contribution in [3.8, 4) is 11.5 Å². The minimum absolute atomic E-state index is 0.304. The third kappa shape index (κ3) is 5.20. The molecule has 4 heteroatoms. The van der Waals surface area contributed by atoms with Gasteiger partial charge >= 0.3 is 5.97 Å². The van der Waals surface area contributed by atoms with E-state index in [1.807, 2.05) is 30.3 Å². The van der Waals surface area contributed by atoms with E-state index in [0.29, 0.717) is 41.6 Å². The van der Waals surface area contributed by atoms with Gasteiger partial charge in [-0.05, 0) is 104 Å². The van der Waals surface area contributed by atoms with E-state index in [9.17, 15) is 4.79 Å². The molecule has 0 amide bonds. The Kier molecular flexibility index (Phi) is 7.81. The van der Waals surface area contributed by atoms with Crippen molar-refractivity contribution < 1.29 is 14.3 Å². The number of esters is 1. The lowest BCUT2D eigenvalue weighted by atomic mass is 9.62. The number of hydrogen-bond acceptors (Lipinski definition) is 3. The summed E-state index contributed by atoms with van der Waals surface area (Å²) in [6.07, 6.45) is 5.82. The Morgan fingerprint density at radius 1 is 0.947 bits per heavy atom. The second kappa shape index (κ2) is 11.1. The van der Waals surface area contributed by atoms with Gasteiger partial charge in [-0.15, -0.1) is 0 Å². The molecule has 0 saturated heterocycles. The number of benzene rings is 3. The monoisotopic (exact) mass is 572 g/mol.